The van der Waals surface area contributed by atoms with E-state index < -0.39 is 5.60 Å². The third-order valence-electron chi connectivity index (χ3n) is 2.85. The normalized spacial score (nSPS) is 12.0. The van der Waals surface area contributed by atoms with Gasteiger partial charge in [-0.3, -0.25) is 0 Å². The molecule has 0 aliphatic heterocycles. The Morgan fingerprint density at radius 3 is 1.67 bits per heavy atom. The second-order valence-electron chi connectivity index (χ2n) is 4.34. The molecule has 0 saturated heterocycles. The van der Waals surface area contributed by atoms with Crippen molar-refractivity contribution in [2.24, 2.45) is 0 Å². The van der Waals surface area contributed by atoms with Crippen LogP contribution in [0.15, 0.2) is 0 Å². The van der Waals surface area contributed by atoms with Gasteiger partial charge in [-0.1, -0.05) is 26.2 Å². The van der Waals surface area contributed by atoms with Crippen LogP contribution in [0.2, 0.25) is 0 Å². The molecule has 3 nitrogen and oxygen atoms in total. The van der Waals surface area contributed by atoms with Crippen LogP contribution in [0.25, 0.3) is 0 Å². The molecule has 3 N–H and O–H groups in total. The molecule has 0 aromatic carbocycles. The van der Waals surface area contributed by atoms with E-state index in [0.717, 1.165) is 25.7 Å². The SMILES string of the molecule is CCCCCC(O)(CCCO)CCCO. The van der Waals surface area contributed by atoms with Crippen molar-refractivity contribution in [3.8, 4) is 0 Å². The summed E-state index contributed by atoms with van der Waals surface area (Å²) in [6.45, 7) is 2.41. The number of unbranched alkanes of at least 4 members (excludes halogenated alkanes) is 2. The Labute approximate surface area is 93.1 Å². The summed E-state index contributed by atoms with van der Waals surface area (Å²) >= 11 is 0. The first-order chi connectivity index (χ1) is 7.18. The molecule has 0 bridgehead atoms. The average Bonchev–Trinajstić information content (AvgIpc) is 2.24. The molecule has 0 atom stereocenters. The molecule has 0 aliphatic rings. The summed E-state index contributed by atoms with van der Waals surface area (Å²) in [5, 5.41) is 27.8. The molecule has 0 fully saturated rings. The van der Waals surface area contributed by atoms with E-state index >= 15 is 0 Å². The molecule has 0 aliphatic carbocycles. The summed E-state index contributed by atoms with van der Waals surface area (Å²) in [7, 11) is 0. The molecular weight excluding hydrogens is 192 g/mol. The smallest absolute Gasteiger partial charge is 0.0649 e. The van der Waals surface area contributed by atoms with Gasteiger partial charge in [0, 0.05) is 13.2 Å². The Morgan fingerprint density at radius 1 is 0.800 bits per heavy atom. The van der Waals surface area contributed by atoms with E-state index in [2.05, 4.69) is 6.92 Å². The van der Waals surface area contributed by atoms with Gasteiger partial charge in [0.2, 0.25) is 0 Å². The summed E-state index contributed by atoms with van der Waals surface area (Å²) in [6, 6.07) is 0. The van der Waals surface area contributed by atoms with Crippen LogP contribution < -0.4 is 0 Å². The monoisotopic (exact) mass is 218 g/mol. The molecule has 92 valence electrons. The number of aliphatic hydroxyl groups is 3. The standard InChI is InChI=1S/C12H26O3/c1-2-3-4-7-12(15,8-5-10-13)9-6-11-14/h13-15H,2-11H2,1H3. The maximum atomic E-state index is 10.3. The van der Waals surface area contributed by atoms with Crippen molar-refractivity contribution < 1.29 is 15.3 Å². The summed E-state index contributed by atoms with van der Waals surface area (Å²) in [4.78, 5) is 0. The molecule has 15 heavy (non-hydrogen) atoms. The van der Waals surface area contributed by atoms with Crippen LogP contribution in [0.5, 0.6) is 0 Å². The fourth-order valence-corrected chi connectivity index (χ4v) is 1.90. The molecule has 0 aromatic rings. The molecule has 0 rings (SSSR count). The zero-order valence-corrected chi connectivity index (χ0v) is 9.91. The molecular formula is C12H26O3. The lowest BCUT2D eigenvalue weighted by molar-refractivity contribution is 0.00104. The van der Waals surface area contributed by atoms with Gasteiger partial charge in [0.05, 0.1) is 5.60 Å². The highest BCUT2D eigenvalue weighted by Crippen LogP contribution is 2.25. The van der Waals surface area contributed by atoms with Crippen molar-refractivity contribution in [3.05, 3.63) is 0 Å². The van der Waals surface area contributed by atoms with Gasteiger partial charge in [-0.05, 0) is 32.1 Å². The first-order valence-electron chi connectivity index (χ1n) is 6.12. The fraction of sp³-hybridized carbons (Fsp3) is 1.00. The Bertz CT molecular complexity index is 129. The van der Waals surface area contributed by atoms with Gasteiger partial charge >= 0.3 is 0 Å². The van der Waals surface area contributed by atoms with Gasteiger partial charge in [0.25, 0.3) is 0 Å². The predicted molar refractivity (Wildman–Crippen MR) is 61.7 cm³/mol. The predicted octanol–water partition coefficient (Wildman–Crippen LogP) is 1.84. The summed E-state index contributed by atoms with van der Waals surface area (Å²) < 4.78 is 0. The van der Waals surface area contributed by atoms with Crippen LogP contribution >= 0.6 is 0 Å². The highest BCUT2D eigenvalue weighted by molar-refractivity contribution is 4.78. The van der Waals surface area contributed by atoms with E-state index in [-0.39, 0.29) is 13.2 Å². The van der Waals surface area contributed by atoms with E-state index in [9.17, 15) is 5.11 Å². The van der Waals surface area contributed by atoms with Gasteiger partial charge in [0.1, 0.15) is 0 Å². The van der Waals surface area contributed by atoms with Crippen molar-refractivity contribution in [3.63, 3.8) is 0 Å². The van der Waals surface area contributed by atoms with E-state index in [1.807, 2.05) is 0 Å². The third kappa shape index (κ3) is 7.77. The number of aliphatic hydroxyl groups excluding tert-OH is 2. The lowest BCUT2D eigenvalue weighted by atomic mass is 9.87. The summed E-state index contributed by atoms with van der Waals surface area (Å²) in [5.41, 5.74) is -0.666. The minimum Gasteiger partial charge on any atom is -0.396 e. The van der Waals surface area contributed by atoms with Crippen molar-refractivity contribution in [1.29, 1.82) is 0 Å². The largest absolute Gasteiger partial charge is 0.396 e. The van der Waals surface area contributed by atoms with Crippen LogP contribution in [0.3, 0.4) is 0 Å². The van der Waals surface area contributed by atoms with Gasteiger partial charge in [0.15, 0.2) is 0 Å². The minimum atomic E-state index is -0.666. The molecule has 0 unspecified atom stereocenters. The van der Waals surface area contributed by atoms with Crippen molar-refractivity contribution in [1.82, 2.24) is 0 Å². The Kier molecular flexibility index (Phi) is 9.06. The molecule has 0 radical (unpaired) electrons. The number of hydrogen-bond acceptors (Lipinski definition) is 3. The average molecular weight is 218 g/mol. The summed E-state index contributed by atoms with van der Waals surface area (Å²) in [5.74, 6) is 0. The van der Waals surface area contributed by atoms with E-state index in [0.29, 0.717) is 25.7 Å². The van der Waals surface area contributed by atoms with Crippen LogP contribution in [0.4, 0.5) is 0 Å². The van der Waals surface area contributed by atoms with Crippen molar-refractivity contribution in [2.45, 2.75) is 63.9 Å². The van der Waals surface area contributed by atoms with Crippen LogP contribution in [-0.2, 0) is 0 Å². The van der Waals surface area contributed by atoms with Gasteiger partial charge < -0.3 is 15.3 Å². The second kappa shape index (κ2) is 9.13. The van der Waals surface area contributed by atoms with Gasteiger partial charge in [-0.2, -0.15) is 0 Å². The molecule has 0 saturated carbocycles. The quantitative estimate of drug-likeness (QED) is 0.490. The van der Waals surface area contributed by atoms with Crippen LogP contribution in [0, 0.1) is 0 Å². The van der Waals surface area contributed by atoms with Crippen molar-refractivity contribution >= 4 is 0 Å². The molecule has 0 amide bonds. The lowest BCUT2D eigenvalue weighted by Gasteiger charge is -2.28. The van der Waals surface area contributed by atoms with Gasteiger partial charge in [-0.25, -0.2) is 0 Å². The van der Waals surface area contributed by atoms with Crippen LogP contribution in [0.1, 0.15) is 58.3 Å². The first kappa shape index (κ1) is 14.9. The van der Waals surface area contributed by atoms with E-state index in [1.54, 1.807) is 0 Å². The highest BCUT2D eigenvalue weighted by atomic mass is 16.3. The maximum absolute atomic E-state index is 10.3. The van der Waals surface area contributed by atoms with Crippen molar-refractivity contribution in [2.75, 3.05) is 13.2 Å². The Morgan fingerprint density at radius 2 is 1.27 bits per heavy atom. The number of rotatable bonds is 10. The topological polar surface area (TPSA) is 60.7 Å². The zero-order chi connectivity index (χ0) is 11.6. The maximum Gasteiger partial charge on any atom is 0.0649 e. The Hall–Kier alpha value is -0.120. The van der Waals surface area contributed by atoms with E-state index in [4.69, 9.17) is 10.2 Å². The molecule has 0 heterocycles. The molecule has 0 spiro atoms. The lowest BCUT2D eigenvalue weighted by Crippen LogP contribution is -2.29. The molecule has 0 aromatic heterocycles. The fourth-order valence-electron chi connectivity index (χ4n) is 1.90. The first-order valence-corrected chi connectivity index (χ1v) is 6.12. The van der Waals surface area contributed by atoms with E-state index in [1.165, 1.54) is 0 Å². The second-order valence-corrected chi connectivity index (χ2v) is 4.34. The van der Waals surface area contributed by atoms with Crippen LogP contribution in [-0.4, -0.2) is 34.1 Å². The number of hydrogen-bond donors (Lipinski definition) is 3. The molecule has 3 heteroatoms. The Balaban J connectivity index is 3.89. The zero-order valence-electron chi connectivity index (χ0n) is 9.91. The van der Waals surface area contributed by atoms with Gasteiger partial charge in [-0.15, -0.1) is 0 Å². The third-order valence-corrected chi connectivity index (χ3v) is 2.85. The highest BCUT2D eigenvalue weighted by Gasteiger charge is 2.24. The summed E-state index contributed by atoms with van der Waals surface area (Å²) in [6.07, 6.45) is 6.70. The minimum absolute atomic E-state index is 0.134.